The first-order valence-corrected chi connectivity index (χ1v) is 8.91. The molecule has 0 saturated heterocycles. The second-order valence-electron chi connectivity index (χ2n) is 5.51. The number of benzene rings is 1. The van der Waals surface area contributed by atoms with Crippen LogP contribution in [0.15, 0.2) is 29.2 Å². The number of hydrogen-bond acceptors (Lipinski definition) is 4. The van der Waals surface area contributed by atoms with Gasteiger partial charge in [-0.3, -0.25) is 0 Å². The predicted molar refractivity (Wildman–Crippen MR) is 84.0 cm³/mol. The minimum Gasteiger partial charge on any atom is -0.383 e. The SMILES string of the molecule is CCCC(COC)Nc1ccc(S(=O)(=O)NC2CC2)cc1. The molecule has 1 aromatic carbocycles. The number of methoxy groups -OCH3 is 1. The molecule has 1 aliphatic rings. The molecule has 118 valence electrons. The van der Waals surface area contributed by atoms with Crippen molar-refractivity contribution in [3.05, 3.63) is 24.3 Å². The lowest BCUT2D eigenvalue weighted by atomic mass is 10.1. The smallest absolute Gasteiger partial charge is 0.240 e. The highest BCUT2D eigenvalue weighted by atomic mass is 32.2. The third kappa shape index (κ3) is 4.98. The summed E-state index contributed by atoms with van der Waals surface area (Å²) >= 11 is 0. The molecule has 0 heterocycles. The van der Waals surface area contributed by atoms with E-state index < -0.39 is 10.0 Å². The van der Waals surface area contributed by atoms with Crippen molar-refractivity contribution in [1.29, 1.82) is 0 Å². The van der Waals surface area contributed by atoms with Crippen LogP contribution in [0.3, 0.4) is 0 Å². The van der Waals surface area contributed by atoms with Crippen LogP contribution in [0.2, 0.25) is 0 Å². The van der Waals surface area contributed by atoms with Crippen molar-refractivity contribution >= 4 is 15.7 Å². The number of anilines is 1. The van der Waals surface area contributed by atoms with E-state index in [-0.39, 0.29) is 12.1 Å². The summed E-state index contributed by atoms with van der Waals surface area (Å²) in [5, 5.41) is 3.37. The normalized spacial score (nSPS) is 16.7. The highest BCUT2D eigenvalue weighted by molar-refractivity contribution is 7.89. The third-order valence-electron chi connectivity index (χ3n) is 3.44. The van der Waals surface area contributed by atoms with Gasteiger partial charge in [-0.05, 0) is 43.5 Å². The summed E-state index contributed by atoms with van der Waals surface area (Å²) in [4.78, 5) is 0.318. The van der Waals surface area contributed by atoms with Crippen LogP contribution in [0, 0.1) is 0 Å². The molecule has 6 heteroatoms. The van der Waals surface area contributed by atoms with Gasteiger partial charge in [0.05, 0.1) is 11.5 Å². The Morgan fingerprint density at radius 2 is 1.95 bits per heavy atom. The lowest BCUT2D eigenvalue weighted by Crippen LogP contribution is -2.26. The number of hydrogen-bond donors (Lipinski definition) is 2. The number of nitrogens with one attached hydrogen (secondary N) is 2. The molecule has 0 bridgehead atoms. The van der Waals surface area contributed by atoms with Gasteiger partial charge in [-0.15, -0.1) is 0 Å². The molecule has 0 radical (unpaired) electrons. The number of sulfonamides is 1. The number of ether oxygens (including phenoxy) is 1. The van der Waals surface area contributed by atoms with Gasteiger partial charge in [-0.25, -0.2) is 13.1 Å². The minimum atomic E-state index is -3.37. The highest BCUT2D eigenvalue weighted by Gasteiger charge is 2.27. The molecule has 0 aromatic heterocycles. The average molecular weight is 312 g/mol. The van der Waals surface area contributed by atoms with E-state index >= 15 is 0 Å². The minimum absolute atomic E-state index is 0.128. The van der Waals surface area contributed by atoms with E-state index in [9.17, 15) is 8.42 Å². The van der Waals surface area contributed by atoms with Gasteiger partial charge in [-0.2, -0.15) is 0 Å². The van der Waals surface area contributed by atoms with Crippen LogP contribution in [0.1, 0.15) is 32.6 Å². The van der Waals surface area contributed by atoms with Crippen LogP contribution in [0.25, 0.3) is 0 Å². The van der Waals surface area contributed by atoms with E-state index in [1.807, 2.05) is 0 Å². The molecular formula is C15H24N2O3S. The Hall–Kier alpha value is -1.11. The van der Waals surface area contributed by atoms with Gasteiger partial charge in [0.1, 0.15) is 0 Å². The molecule has 0 spiro atoms. The zero-order chi connectivity index (χ0) is 15.3. The highest BCUT2D eigenvalue weighted by Crippen LogP contribution is 2.23. The first-order valence-electron chi connectivity index (χ1n) is 7.43. The fourth-order valence-corrected chi connectivity index (χ4v) is 3.51. The van der Waals surface area contributed by atoms with Crippen molar-refractivity contribution in [2.24, 2.45) is 0 Å². The fourth-order valence-electron chi connectivity index (χ4n) is 2.20. The predicted octanol–water partition coefficient (Wildman–Crippen LogP) is 2.35. The van der Waals surface area contributed by atoms with Crippen molar-refractivity contribution in [3.8, 4) is 0 Å². The van der Waals surface area contributed by atoms with E-state index in [2.05, 4.69) is 17.0 Å². The average Bonchev–Trinajstić information content (AvgIpc) is 3.23. The zero-order valence-electron chi connectivity index (χ0n) is 12.6. The molecule has 2 rings (SSSR count). The van der Waals surface area contributed by atoms with Crippen LogP contribution in [0.5, 0.6) is 0 Å². The summed E-state index contributed by atoms with van der Waals surface area (Å²) in [7, 11) is -1.68. The fraction of sp³-hybridized carbons (Fsp3) is 0.600. The van der Waals surface area contributed by atoms with Gasteiger partial charge in [-0.1, -0.05) is 13.3 Å². The van der Waals surface area contributed by atoms with E-state index in [4.69, 9.17) is 4.74 Å². The van der Waals surface area contributed by atoms with Gasteiger partial charge >= 0.3 is 0 Å². The maximum Gasteiger partial charge on any atom is 0.240 e. The topological polar surface area (TPSA) is 67.4 Å². The molecule has 1 fully saturated rings. The van der Waals surface area contributed by atoms with Crippen molar-refractivity contribution in [1.82, 2.24) is 4.72 Å². The standard InChI is InChI=1S/C15H24N2O3S/c1-3-4-14(11-20-2)16-12-7-9-15(10-8-12)21(18,19)17-13-5-6-13/h7-10,13-14,16-17H,3-6,11H2,1-2H3. The van der Waals surface area contributed by atoms with E-state index in [0.717, 1.165) is 31.4 Å². The van der Waals surface area contributed by atoms with E-state index in [1.165, 1.54) is 0 Å². The second kappa shape index (κ2) is 7.24. The van der Waals surface area contributed by atoms with Crippen LogP contribution >= 0.6 is 0 Å². The molecular weight excluding hydrogens is 288 g/mol. The Labute approximate surface area is 127 Å². The summed E-state index contributed by atoms with van der Waals surface area (Å²) in [5.74, 6) is 0. The van der Waals surface area contributed by atoms with E-state index in [0.29, 0.717) is 11.5 Å². The maximum absolute atomic E-state index is 12.1. The molecule has 1 unspecified atom stereocenters. The van der Waals surface area contributed by atoms with Crippen molar-refractivity contribution < 1.29 is 13.2 Å². The van der Waals surface area contributed by atoms with Crippen LogP contribution < -0.4 is 10.0 Å². The third-order valence-corrected chi connectivity index (χ3v) is 4.98. The van der Waals surface area contributed by atoms with Gasteiger partial charge in [0, 0.05) is 24.9 Å². The molecule has 21 heavy (non-hydrogen) atoms. The zero-order valence-corrected chi connectivity index (χ0v) is 13.4. The van der Waals surface area contributed by atoms with Gasteiger partial charge in [0.2, 0.25) is 10.0 Å². The van der Waals surface area contributed by atoms with Crippen LogP contribution in [-0.2, 0) is 14.8 Å². The first kappa shape index (κ1) is 16.3. The monoisotopic (exact) mass is 312 g/mol. The lowest BCUT2D eigenvalue weighted by Gasteiger charge is -2.18. The molecule has 5 nitrogen and oxygen atoms in total. The Morgan fingerprint density at radius 1 is 1.29 bits per heavy atom. The summed E-state index contributed by atoms with van der Waals surface area (Å²) in [6, 6.07) is 7.26. The Kier molecular flexibility index (Phi) is 5.61. The van der Waals surface area contributed by atoms with Crippen molar-refractivity contribution in [2.45, 2.75) is 49.6 Å². The van der Waals surface area contributed by atoms with E-state index in [1.54, 1.807) is 31.4 Å². The Morgan fingerprint density at radius 3 is 2.48 bits per heavy atom. The molecule has 2 N–H and O–H groups in total. The van der Waals surface area contributed by atoms with Crippen molar-refractivity contribution in [3.63, 3.8) is 0 Å². The summed E-state index contributed by atoms with van der Waals surface area (Å²) in [6.45, 7) is 2.76. The summed E-state index contributed by atoms with van der Waals surface area (Å²) < 4.78 is 32.0. The van der Waals surface area contributed by atoms with Gasteiger partial charge < -0.3 is 10.1 Å². The first-order chi connectivity index (χ1) is 10.0. The summed E-state index contributed by atoms with van der Waals surface area (Å²) in [5.41, 5.74) is 0.913. The Bertz CT molecular complexity index is 533. The maximum atomic E-state index is 12.1. The molecule has 0 aliphatic heterocycles. The van der Waals surface area contributed by atoms with Crippen LogP contribution in [0.4, 0.5) is 5.69 Å². The molecule has 1 atom stereocenters. The quantitative estimate of drug-likeness (QED) is 0.734. The van der Waals surface area contributed by atoms with Gasteiger partial charge in [0.25, 0.3) is 0 Å². The molecule has 1 saturated carbocycles. The van der Waals surface area contributed by atoms with Crippen molar-refractivity contribution in [2.75, 3.05) is 19.0 Å². The molecule has 1 aliphatic carbocycles. The number of rotatable bonds is 9. The van der Waals surface area contributed by atoms with Crippen LogP contribution in [-0.4, -0.2) is 34.2 Å². The second-order valence-corrected chi connectivity index (χ2v) is 7.22. The lowest BCUT2D eigenvalue weighted by molar-refractivity contribution is 0.182. The largest absolute Gasteiger partial charge is 0.383 e. The van der Waals surface area contributed by atoms with Gasteiger partial charge in [0.15, 0.2) is 0 Å². The summed E-state index contributed by atoms with van der Waals surface area (Å²) in [6.07, 6.45) is 3.96. The molecule has 1 aromatic rings. The Balaban J connectivity index is 2.00. The molecule has 0 amide bonds.